The molecule has 0 unspecified atom stereocenters. The zero-order valence-corrected chi connectivity index (χ0v) is 13.8. The van der Waals surface area contributed by atoms with E-state index in [1.807, 2.05) is 0 Å². The van der Waals surface area contributed by atoms with Crippen LogP contribution in [0.3, 0.4) is 0 Å². The third-order valence-electron chi connectivity index (χ3n) is 2.19. The highest BCUT2D eigenvalue weighted by molar-refractivity contribution is 9.10. The number of amides is 2. The molecular formula is C14H19BrN2O4. The number of primary amides is 1. The number of halogens is 1. The molecule has 7 heteroatoms. The first kappa shape index (κ1) is 17.3. The van der Waals surface area contributed by atoms with Crippen molar-refractivity contribution in [1.29, 1.82) is 0 Å². The van der Waals surface area contributed by atoms with Gasteiger partial charge in [-0.05, 0) is 39.0 Å². The van der Waals surface area contributed by atoms with Gasteiger partial charge < -0.3 is 20.5 Å². The van der Waals surface area contributed by atoms with Crippen molar-refractivity contribution >= 4 is 27.9 Å². The summed E-state index contributed by atoms with van der Waals surface area (Å²) in [6.45, 7) is 5.89. The molecule has 0 aliphatic rings. The van der Waals surface area contributed by atoms with Gasteiger partial charge in [-0.1, -0.05) is 15.9 Å². The molecule has 0 saturated heterocycles. The van der Waals surface area contributed by atoms with Crippen LogP contribution < -0.4 is 15.8 Å². The van der Waals surface area contributed by atoms with Crippen molar-refractivity contribution in [2.24, 2.45) is 5.73 Å². The van der Waals surface area contributed by atoms with Gasteiger partial charge in [0.15, 0.2) is 0 Å². The Labute approximate surface area is 132 Å². The summed E-state index contributed by atoms with van der Waals surface area (Å²) in [7, 11) is 0. The summed E-state index contributed by atoms with van der Waals surface area (Å²) in [4.78, 5) is 22.5. The summed E-state index contributed by atoms with van der Waals surface area (Å²) in [5.41, 5.74) is 5.03. The normalized spacial score (nSPS) is 10.9. The first-order chi connectivity index (χ1) is 9.67. The Balaban J connectivity index is 2.43. The fourth-order valence-corrected chi connectivity index (χ4v) is 1.90. The smallest absolute Gasteiger partial charge is 0.407 e. The van der Waals surface area contributed by atoms with Gasteiger partial charge in [-0.25, -0.2) is 4.79 Å². The van der Waals surface area contributed by atoms with Crippen LogP contribution in [0.4, 0.5) is 4.79 Å². The zero-order chi connectivity index (χ0) is 16.0. The molecule has 3 N–H and O–H groups in total. The molecule has 0 aliphatic carbocycles. The van der Waals surface area contributed by atoms with Crippen LogP contribution in [0.25, 0.3) is 0 Å². The summed E-state index contributed by atoms with van der Waals surface area (Å²) in [6, 6.07) is 4.86. The van der Waals surface area contributed by atoms with E-state index in [-0.39, 0.29) is 13.2 Å². The molecule has 0 saturated carbocycles. The molecule has 2 amide bonds. The summed E-state index contributed by atoms with van der Waals surface area (Å²) in [5, 5.41) is 2.57. The Morgan fingerprint density at radius 1 is 1.29 bits per heavy atom. The monoisotopic (exact) mass is 358 g/mol. The molecule has 0 atom stereocenters. The Kier molecular flexibility index (Phi) is 6.02. The number of alkyl carbamates (subject to hydrolysis) is 1. The topological polar surface area (TPSA) is 90.7 Å². The molecule has 0 heterocycles. The summed E-state index contributed by atoms with van der Waals surface area (Å²) >= 11 is 3.27. The van der Waals surface area contributed by atoms with Crippen LogP contribution in [-0.4, -0.2) is 30.8 Å². The molecule has 0 fully saturated rings. The lowest BCUT2D eigenvalue weighted by Gasteiger charge is -2.19. The number of carbonyl (C=O) groups is 2. The van der Waals surface area contributed by atoms with Gasteiger partial charge in [-0.15, -0.1) is 0 Å². The van der Waals surface area contributed by atoms with Crippen molar-refractivity contribution in [1.82, 2.24) is 5.32 Å². The van der Waals surface area contributed by atoms with Gasteiger partial charge in [0.1, 0.15) is 18.0 Å². The van der Waals surface area contributed by atoms with Crippen LogP contribution in [0.15, 0.2) is 22.7 Å². The Hall–Kier alpha value is -1.76. The molecule has 1 rings (SSSR count). The molecule has 21 heavy (non-hydrogen) atoms. The van der Waals surface area contributed by atoms with Gasteiger partial charge in [0.05, 0.1) is 6.54 Å². The number of hydrogen-bond donors (Lipinski definition) is 2. The minimum absolute atomic E-state index is 0.244. The average molecular weight is 359 g/mol. The highest BCUT2D eigenvalue weighted by Crippen LogP contribution is 2.21. The fraction of sp³-hybridized carbons (Fsp3) is 0.429. The third-order valence-corrected chi connectivity index (χ3v) is 2.65. The van der Waals surface area contributed by atoms with Gasteiger partial charge in [0.2, 0.25) is 5.91 Å². The third kappa shape index (κ3) is 6.99. The van der Waals surface area contributed by atoms with Crippen molar-refractivity contribution < 1.29 is 19.1 Å². The maximum absolute atomic E-state index is 11.4. The highest BCUT2D eigenvalue weighted by atomic mass is 79.9. The molecule has 6 nitrogen and oxygen atoms in total. The van der Waals surface area contributed by atoms with Crippen LogP contribution in [0.5, 0.6) is 5.75 Å². The zero-order valence-electron chi connectivity index (χ0n) is 12.2. The average Bonchev–Trinajstić information content (AvgIpc) is 2.31. The lowest BCUT2D eigenvalue weighted by molar-refractivity contribution is 0.0520. The number of ether oxygens (including phenoxy) is 2. The van der Waals surface area contributed by atoms with Crippen molar-refractivity contribution in [2.45, 2.75) is 26.4 Å². The second-order valence-electron chi connectivity index (χ2n) is 5.32. The van der Waals surface area contributed by atoms with E-state index in [2.05, 4.69) is 21.2 Å². The quantitative estimate of drug-likeness (QED) is 0.790. The molecular weight excluding hydrogens is 340 g/mol. The minimum atomic E-state index is -0.536. The second kappa shape index (κ2) is 7.31. The van der Waals surface area contributed by atoms with E-state index < -0.39 is 17.6 Å². The van der Waals surface area contributed by atoms with Gasteiger partial charge >= 0.3 is 6.09 Å². The van der Waals surface area contributed by atoms with E-state index in [9.17, 15) is 9.59 Å². The molecule has 1 aromatic rings. The fourth-order valence-electron chi connectivity index (χ4n) is 1.42. The molecule has 1 aromatic carbocycles. The minimum Gasteiger partial charge on any atom is -0.492 e. The summed E-state index contributed by atoms with van der Waals surface area (Å²) in [6.07, 6.45) is -0.502. The molecule has 0 bridgehead atoms. The van der Waals surface area contributed by atoms with Gasteiger partial charge in [0.25, 0.3) is 0 Å². The number of carbonyl (C=O) groups excluding carboxylic acids is 2. The number of nitrogens with one attached hydrogen (secondary N) is 1. The maximum Gasteiger partial charge on any atom is 0.407 e. The van der Waals surface area contributed by atoms with Crippen LogP contribution >= 0.6 is 15.9 Å². The van der Waals surface area contributed by atoms with Crippen LogP contribution in [0.1, 0.15) is 31.1 Å². The highest BCUT2D eigenvalue weighted by Gasteiger charge is 2.15. The Morgan fingerprint density at radius 3 is 2.52 bits per heavy atom. The largest absolute Gasteiger partial charge is 0.492 e. The van der Waals surface area contributed by atoms with E-state index in [1.165, 1.54) is 0 Å². The lowest BCUT2D eigenvalue weighted by Crippen LogP contribution is -2.34. The number of nitrogens with two attached hydrogens (primary N) is 1. The van der Waals surface area contributed by atoms with E-state index in [1.54, 1.807) is 39.0 Å². The van der Waals surface area contributed by atoms with Crippen molar-refractivity contribution in [3.8, 4) is 5.75 Å². The van der Waals surface area contributed by atoms with Crippen molar-refractivity contribution in [2.75, 3.05) is 13.2 Å². The molecule has 0 aliphatic heterocycles. The molecule has 0 radical (unpaired) electrons. The number of hydrogen-bond acceptors (Lipinski definition) is 4. The van der Waals surface area contributed by atoms with Gasteiger partial charge in [-0.2, -0.15) is 0 Å². The van der Waals surface area contributed by atoms with Gasteiger partial charge in [0, 0.05) is 10.0 Å². The lowest BCUT2D eigenvalue weighted by atomic mass is 10.2. The second-order valence-corrected chi connectivity index (χ2v) is 6.23. The van der Waals surface area contributed by atoms with Crippen LogP contribution in [0.2, 0.25) is 0 Å². The summed E-state index contributed by atoms with van der Waals surface area (Å²) < 4.78 is 11.2. The number of rotatable bonds is 5. The Bertz CT molecular complexity index is 526. The van der Waals surface area contributed by atoms with Crippen molar-refractivity contribution in [3.05, 3.63) is 28.2 Å². The van der Waals surface area contributed by atoms with Crippen LogP contribution in [-0.2, 0) is 4.74 Å². The summed E-state index contributed by atoms with van der Waals surface area (Å²) in [5.74, 6) is -0.0443. The molecule has 0 aromatic heterocycles. The predicted octanol–water partition coefficient (Wildman–Crippen LogP) is 2.45. The molecule has 116 valence electrons. The van der Waals surface area contributed by atoms with Crippen LogP contribution in [0, 0.1) is 0 Å². The van der Waals surface area contributed by atoms with E-state index >= 15 is 0 Å². The predicted molar refractivity (Wildman–Crippen MR) is 82.4 cm³/mol. The van der Waals surface area contributed by atoms with E-state index in [0.29, 0.717) is 15.8 Å². The first-order valence-electron chi connectivity index (χ1n) is 6.37. The van der Waals surface area contributed by atoms with Crippen molar-refractivity contribution in [3.63, 3.8) is 0 Å². The van der Waals surface area contributed by atoms with E-state index in [0.717, 1.165) is 0 Å². The maximum atomic E-state index is 11.4. The van der Waals surface area contributed by atoms with E-state index in [4.69, 9.17) is 15.2 Å². The molecule has 0 spiro atoms. The first-order valence-corrected chi connectivity index (χ1v) is 7.17. The standard InChI is InChI=1S/C14H19BrN2O4/c1-14(2,3)21-13(19)17-4-5-20-11-7-9(12(16)18)6-10(15)8-11/h6-8H,4-5H2,1-3H3,(H2,16,18)(H,17,19). The Morgan fingerprint density at radius 2 is 1.95 bits per heavy atom. The SMILES string of the molecule is CC(C)(C)OC(=O)NCCOc1cc(Br)cc(C(N)=O)c1. The number of benzene rings is 1. The van der Waals surface area contributed by atoms with Gasteiger partial charge in [-0.3, -0.25) is 4.79 Å².